The van der Waals surface area contributed by atoms with Crippen LogP contribution in [0.3, 0.4) is 0 Å². The highest BCUT2D eigenvalue weighted by Crippen LogP contribution is 2.31. The first-order chi connectivity index (χ1) is 7.83. The molecule has 0 spiro atoms. The summed E-state index contributed by atoms with van der Waals surface area (Å²) < 4.78 is 0. The van der Waals surface area contributed by atoms with Crippen molar-refractivity contribution >= 4 is 22.9 Å². The van der Waals surface area contributed by atoms with Crippen molar-refractivity contribution < 1.29 is 0 Å². The van der Waals surface area contributed by atoms with Crippen LogP contribution in [0.4, 0.5) is 0 Å². The van der Waals surface area contributed by atoms with Gasteiger partial charge in [-0.05, 0) is 24.1 Å². The van der Waals surface area contributed by atoms with E-state index in [1.807, 2.05) is 17.5 Å². The monoisotopic (exact) mass is 253 g/mol. The van der Waals surface area contributed by atoms with Gasteiger partial charge in [-0.1, -0.05) is 18.5 Å². The lowest BCUT2D eigenvalue weighted by atomic mass is 10.2. The van der Waals surface area contributed by atoms with Gasteiger partial charge in [-0.15, -0.1) is 11.3 Å². The van der Waals surface area contributed by atoms with Crippen molar-refractivity contribution in [2.24, 2.45) is 0 Å². The minimum Gasteiger partial charge on any atom is -0.303 e. The van der Waals surface area contributed by atoms with Crippen LogP contribution in [0.5, 0.6) is 0 Å². The van der Waals surface area contributed by atoms with E-state index in [9.17, 15) is 0 Å². The van der Waals surface area contributed by atoms with E-state index < -0.39 is 0 Å². The summed E-state index contributed by atoms with van der Waals surface area (Å²) >= 11 is 7.75. The minimum absolute atomic E-state index is 0.0151. The molecule has 2 rings (SSSR count). The van der Waals surface area contributed by atoms with Crippen LogP contribution in [0.25, 0.3) is 0 Å². The molecule has 0 aliphatic heterocycles. The molecule has 16 heavy (non-hydrogen) atoms. The van der Waals surface area contributed by atoms with Crippen molar-refractivity contribution in [1.29, 1.82) is 0 Å². The molecule has 0 aliphatic carbocycles. The smallest absolute Gasteiger partial charge is 0.150 e. The third-order valence-corrected chi connectivity index (χ3v) is 3.58. The quantitative estimate of drug-likeness (QED) is 0.911. The minimum atomic E-state index is -0.0151. The Morgan fingerprint density at radius 2 is 2.19 bits per heavy atom. The normalized spacial score (nSPS) is 12.6. The van der Waals surface area contributed by atoms with Gasteiger partial charge >= 0.3 is 0 Å². The molecule has 0 radical (unpaired) electrons. The van der Waals surface area contributed by atoms with E-state index >= 15 is 0 Å². The molecule has 2 heterocycles. The van der Waals surface area contributed by atoms with Crippen molar-refractivity contribution in [1.82, 2.24) is 15.3 Å². The van der Waals surface area contributed by atoms with Crippen molar-refractivity contribution in [3.8, 4) is 0 Å². The Hall–Kier alpha value is -0.970. The Kier molecular flexibility index (Phi) is 3.88. The maximum atomic E-state index is 6.14. The van der Waals surface area contributed by atoms with Crippen LogP contribution in [0, 0.1) is 0 Å². The van der Waals surface area contributed by atoms with E-state index in [0.29, 0.717) is 0 Å². The number of thiophene rings is 1. The molecule has 1 atom stereocenters. The van der Waals surface area contributed by atoms with Crippen LogP contribution in [0.2, 0.25) is 5.02 Å². The predicted molar refractivity (Wildman–Crippen MR) is 66.9 cm³/mol. The summed E-state index contributed by atoms with van der Waals surface area (Å²) in [5, 5.41) is 6.09. The molecule has 3 nitrogen and oxygen atoms in total. The van der Waals surface area contributed by atoms with E-state index in [1.54, 1.807) is 23.7 Å². The van der Waals surface area contributed by atoms with Crippen LogP contribution in [0.1, 0.15) is 23.7 Å². The first-order valence-corrected chi connectivity index (χ1v) is 6.32. The lowest BCUT2D eigenvalue weighted by Crippen LogP contribution is -2.23. The second-order valence-corrected chi connectivity index (χ2v) is 4.59. The van der Waals surface area contributed by atoms with E-state index in [4.69, 9.17) is 11.6 Å². The van der Waals surface area contributed by atoms with E-state index in [-0.39, 0.29) is 6.04 Å². The third kappa shape index (κ3) is 2.40. The fourth-order valence-corrected chi connectivity index (χ4v) is 2.71. The van der Waals surface area contributed by atoms with Crippen LogP contribution in [-0.2, 0) is 0 Å². The SMILES string of the molecule is CCNC(c1ncccn1)c1sccc1Cl. The van der Waals surface area contributed by atoms with E-state index in [1.165, 1.54) is 0 Å². The number of nitrogens with one attached hydrogen (secondary N) is 1. The molecule has 0 saturated heterocycles. The van der Waals surface area contributed by atoms with Crippen LogP contribution >= 0.6 is 22.9 Å². The van der Waals surface area contributed by atoms with Gasteiger partial charge in [0.05, 0.1) is 5.02 Å². The molecule has 84 valence electrons. The van der Waals surface area contributed by atoms with Crippen LogP contribution in [-0.4, -0.2) is 16.5 Å². The molecular weight excluding hydrogens is 242 g/mol. The molecule has 1 unspecified atom stereocenters. The highest BCUT2D eigenvalue weighted by atomic mass is 35.5. The summed E-state index contributed by atoms with van der Waals surface area (Å²) in [6.07, 6.45) is 3.49. The summed E-state index contributed by atoms with van der Waals surface area (Å²) in [5.74, 6) is 0.758. The zero-order valence-corrected chi connectivity index (χ0v) is 10.4. The summed E-state index contributed by atoms with van der Waals surface area (Å²) in [6, 6.07) is 3.69. The summed E-state index contributed by atoms with van der Waals surface area (Å²) in [5.41, 5.74) is 0. The number of rotatable bonds is 4. The van der Waals surface area contributed by atoms with Gasteiger partial charge in [0.2, 0.25) is 0 Å². The van der Waals surface area contributed by atoms with Crippen LogP contribution in [0.15, 0.2) is 29.9 Å². The second-order valence-electron chi connectivity index (χ2n) is 3.23. The standard InChI is InChI=1S/C11H12ClN3S/c1-2-13-9(10-8(12)4-7-16-10)11-14-5-3-6-15-11/h3-7,9,13H,2H2,1H3. The fourth-order valence-electron chi connectivity index (χ4n) is 1.48. The predicted octanol–water partition coefficient (Wildman–Crippen LogP) is 2.89. The van der Waals surface area contributed by atoms with Crippen molar-refractivity contribution in [2.45, 2.75) is 13.0 Å². The van der Waals surface area contributed by atoms with Gasteiger partial charge in [0.15, 0.2) is 0 Å². The Morgan fingerprint density at radius 3 is 2.75 bits per heavy atom. The molecule has 0 amide bonds. The molecule has 0 aromatic carbocycles. The first-order valence-electron chi connectivity index (χ1n) is 5.06. The Morgan fingerprint density at radius 1 is 1.44 bits per heavy atom. The Bertz CT molecular complexity index is 444. The lowest BCUT2D eigenvalue weighted by Gasteiger charge is -2.15. The van der Waals surface area contributed by atoms with Gasteiger partial charge in [0.1, 0.15) is 11.9 Å². The fraction of sp³-hybridized carbons (Fsp3) is 0.273. The van der Waals surface area contributed by atoms with Gasteiger partial charge < -0.3 is 5.32 Å². The summed E-state index contributed by atoms with van der Waals surface area (Å²) in [6.45, 7) is 2.90. The maximum absolute atomic E-state index is 6.14. The highest BCUT2D eigenvalue weighted by Gasteiger charge is 2.19. The van der Waals surface area contributed by atoms with Gasteiger partial charge in [0.25, 0.3) is 0 Å². The Balaban J connectivity index is 2.35. The number of hydrogen-bond acceptors (Lipinski definition) is 4. The first kappa shape index (κ1) is 11.5. The third-order valence-electron chi connectivity index (χ3n) is 2.16. The highest BCUT2D eigenvalue weighted by molar-refractivity contribution is 7.10. The number of halogens is 1. The zero-order valence-electron chi connectivity index (χ0n) is 8.85. The summed E-state index contributed by atoms with van der Waals surface area (Å²) in [4.78, 5) is 9.60. The largest absolute Gasteiger partial charge is 0.303 e. The molecular formula is C11H12ClN3S. The molecule has 0 bridgehead atoms. The number of aromatic nitrogens is 2. The molecule has 0 saturated carbocycles. The Labute approximate surface area is 104 Å². The molecule has 0 fully saturated rings. The molecule has 0 aliphatic rings. The maximum Gasteiger partial charge on any atom is 0.150 e. The lowest BCUT2D eigenvalue weighted by molar-refractivity contribution is 0.606. The second kappa shape index (κ2) is 5.39. The molecule has 1 N–H and O–H groups in total. The van der Waals surface area contributed by atoms with E-state index in [0.717, 1.165) is 22.3 Å². The van der Waals surface area contributed by atoms with Gasteiger partial charge in [-0.25, -0.2) is 9.97 Å². The van der Waals surface area contributed by atoms with E-state index in [2.05, 4.69) is 22.2 Å². The zero-order chi connectivity index (χ0) is 11.4. The average molecular weight is 254 g/mol. The van der Waals surface area contributed by atoms with Gasteiger partial charge in [-0.2, -0.15) is 0 Å². The average Bonchev–Trinajstić information content (AvgIpc) is 2.73. The van der Waals surface area contributed by atoms with Gasteiger partial charge in [0, 0.05) is 17.3 Å². The van der Waals surface area contributed by atoms with Crippen molar-refractivity contribution in [3.63, 3.8) is 0 Å². The van der Waals surface area contributed by atoms with Crippen molar-refractivity contribution in [2.75, 3.05) is 6.54 Å². The molecule has 2 aromatic rings. The summed E-state index contributed by atoms with van der Waals surface area (Å²) in [7, 11) is 0. The molecule has 5 heteroatoms. The van der Waals surface area contributed by atoms with Crippen molar-refractivity contribution in [3.05, 3.63) is 45.6 Å². The van der Waals surface area contributed by atoms with Gasteiger partial charge in [-0.3, -0.25) is 0 Å². The number of nitrogens with zero attached hydrogens (tertiary/aromatic N) is 2. The molecule has 2 aromatic heterocycles. The van der Waals surface area contributed by atoms with Crippen LogP contribution < -0.4 is 5.32 Å². The topological polar surface area (TPSA) is 37.8 Å². The number of hydrogen-bond donors (Lipinski definition) is 1.